The van der Waals surface area contributed by atoms with Gasteiger partial charge in [-0.05, 0) is 50.9 Å². The molecule has 1 rings (SSSR count). The molecule has 23 heavy (non-hydrogen) atoms. The minimum absolute atomic E-state index is 0.0244. The van der Waals surface area contributed by atoms with E-state index in [1.54, 1.807) is 6.07 Å². The Morgan fingerprint density at radius 1 is 1.22 bits per heavy atom. The second-order valence-electron chi connectivity index (χ2n) is 5.92. The first kappa shape index (κ1) is 19.4. The lowest BCUT2D eigenvalue weighted by atomic mass is 10.0. The third-order valence-electron chi connectivity index (χ3n) is 3.54. The Labute approximate surface area is 138 Å². The number of carbonyl (C=O) groups is 1. The SMILES string of the molecule is CNS(=O)(=O)c1cc(C(=O)NC(C)CCC(C)C)ccc1OC. The van der Waals surface area contributed by atoms with E-state index in [4.69, 9.17) is 4.74 Å². The molecule has 0 bridgehead atoms. The highest BCUT2D eigenvalue weighted by Crippen LogP contribution is 2.24. The molecule has 1 unspecified atom stereocenters. The van der Waals surface area contributed by atoms with Gasteiger partial charge in [-0.25, -0.2) is 13.1 Å². The van der Waals surface area contributed by atoms with E-state index in [9.17, 15) is 13.2 Å². The third-order valence-corrected chi connectivity index (χ3v) is 4.97. The lowest BCUT2D eigenvalue weighted by molar-refractivity contribution is 0.0937. The van der Waals surface area contributed by atoms with Gasteiger partial charge in [-0.15, -0.1) is 0 Å². The lowest BCUT2D eigenvalue weighted by Crippen LogP contribution is -2.33. The van der Waals surface area contributed by atoms with Crippen molar-refractivity contribution in [1.82, 2.24) is 10.0 Å². The summed E-state index contributed by atoms with van der Waals surface area (Å²) in [5.41, 5.74) is 0.288. The average Bonchev–Trinajstić information content (AvgIpc) is 2.52. The lowest BCUT2D eigenvalue weighted by Gasteiger charge is -2.16. The zero-order valence-corrected chi connectivity index (χ0v) is 15.2. The van der Waals surface area contributed by atoms with Gasteiger partial charge in [0.25, 0.3) is 5.91 Å². The van der Waals surface area contributed by atoms with Gasteiger partial charge in [-0.2, -0.15) is 0 Å². The van der Waals surface area contributed by atoms with Crippen LogP contribution in [0.3, 0.4) is 0 Å². The van der Waals surface area contributed by atoms with E-state index in [2.05, 4.69) is 23.9 Å². The van der Waals surface area contributed by atoms with Crippen LogP contribution in [0.4, 0.5) is 0 Å². The minimum Gasteiger partial charge on any atom is -0.495 e. The van der Waals surface area contributed by atoms with Gasteiger partial charge in [-0.3, -0.25) is 4.79 Å². The van der Waals surface area contributed by atoms with Crippen LogP contribution in [0.1, 0.15) is 44.0 Å². The number of rotatable bonds is 8. The molecular weight excluding hydrogens is 316 g/mol. The van der Waals surface area contributed by atoms with Crippen molar-refractivity contribution in [3.05, 3.63) is 23.8 Å². The van der Waals surface area contributed by atoms with Crippen molar-refractivity contribution in [1.29, 1.82) is 0 Å². The van der Waals surface area contributed by atoms with E-state index < -0.39 is 10.0 Å². The van der Waals surface area contributed by atoms with Crippen LogP contribution in [0.5, 0.6) is 5.75 Å². The summed E-state index contributed by atoms with van der Waals surface area (Å²) in [6.07, 6.45) is 1.89. The molecule has 0 fully saturated rings. The molecule has 1 atom stereocenters. The summed E-state index contributed by atoms with van der Waals surface area (Å²) < 4.78 is 31.4. The summed E-state index contributed by atoms with van der Waals surface area (Å²) in [5.74, 6) is 0.475. The molecule has 0 aliphatic carbocycles. The number of amides is 1. The van der Waals surface area contributed by atoms with Crippen LogP contribution in [0.15, 0.2) is 23.1 Å². The summed E-state index contributed by atoms with van der Waals surface area (Å²) in [7, 11) is -1.00. The standard InChI is InChI=1S/C16H26N2O4S/c1-11(2)6-7-12(3)18-16(19)13-8-9-14(22-5)15(10-13)23(20,21)17-4/h8-12,17H,6-7H2,1-5H3,(H,18,19). The Morgan fingerprint density at radius 2 is 1.87 bits per heavy atom. The topological polar surface area (TPSA) is 84.5 Å². The zero-order valence-electron chi connectivity index (χ0n) is 14.3. The largest absolute Gasteiger partial charge is 0.495 e. The number of sulfonamides is 1. The van der Waals surface area contributed by atoms with Crippen molar-refractivity contribution in [3.63, 3.8) is 0 Å². The van der Waals surface area contributed by atoms with Crippen LogP contribution >= 0.6 is 0 Å². The zero-order chi connectivity index (χ0) is 17.6. The summed E-state index contributed by atoms with van der Waals surface area (Å²) >= 11 is 0. The molecule has 0 aromatic heterocycles. The molecule has 0 radical (unpaired) electrons. The number of benzene rings is 1. The van der Waals surface area contributed by atoms with Gasteiger partial charge < -0.3 is 10.1 Å². The smallest absolute Gasteiger partial charge is 0.251 e. The van der Waals surface area contributed by atoms with Crippen molar-refractivity contribution in [2.45, 2.75) is 44.6 Å². The maximum absolute atomic E-state index is 12.3. The molecule has 1 aromatic carbocycles. The van der Waals surface area contributed by atoms with E-state index in [-0.39, 0.29) is 28.2 Å². The van der Waals surface area contributed by atoms with Crippen molar-refractivity contribution < 1.29 is 17.9 Å². The first-order valence-electron chi connectivity index (χ1n) is 7.63. The van der Waals surface area contributed by atoms with Gasteiger partial charge in [0.1, 0.15) is 10.6 Å². The summed E-state index contributed by atoms with van der Waals surface area (Å²) in [6, 6.07) is 4.39. The molecule has 2 N–H and O–H groups in total. The monoisotopic (exact) mass is 342 g/mol. The average molecular weight is 342 g/mol. The quantitative estimate of drug-likeness (QED) is 0.758. The highest BCUT2D eigenvalue weighted by molar-refractivity contribution is 7.89. The van der Waals surface area contributed by atoms with E-state index in [1.165, 1.54) is 26.3 Å². The van der Waals surface area contributed by atoms with Gasteiger partial charge in [0.05, 0.1) is 7.11 Å². The molecule has 0 saturated heterocycles. The Morgan fingerprint density at radius 3 is 2.39 bits per heavy atom. The van der Waals surface area contributed by atoms with E-state index in [0.29, 0.717) is 5.92 Å². The summed E-state index contributed by atoms with van der Waals surface area (Å²) in [4.78, 5) is 12.2. The van der Waals surface area contributed by atoms with Crippen molar-refractivity contribution in [2.75, 3.05) is 14.2 Å². The molecule has 1 aromatic rings. The van der Waals surface area contributed by atoms with Crippen molar-refractivity contribution >= 4 is 15.9 Å². The molecule has 7 heteroatoms. The van der Waals surface area contributed by atoms with Gasteiger partial charge in [0.15, 0.2) is 0 Å². The van der Waals surface area contributed by atoms with Gasteiger partial charge in [-0.1, -0.05) is 13.8 Å². The number of hydrogen-bond acceptors (Lipinski definition) is 4. The maximum Gasteiger partial charge on any atom is 0.251 e. The van der Waals surface area contributed by atoms with Crippen LogP contribution in [0.25, 0.3) is 0 Å². The molecule has 0 heterocycles. The molecular formula is C16H26N2O4S. The molecule has 6 nitrogen and oxygen atoms in total. The van der Waals surface area contributed by atoms with Gasteiger partial charge >= 0.3 is 0 Å². The predicted octanol–water partition coefficient (Wildman–Crippen LogP) is 2.16. The fourth-order valence-corrected chi connectivity index (χ4v) is 3.02. The second kappa shape index (κ2) is 8.31. The predicted molar refractivity (Wildman–Crippen MR) is 90.2 cm³/mol. The number of ether oxygens (including phenoxy) is 1. The fraction of sp³-hybridized carbons (Fsp3) is 0.562. The molecule has 130 valence electrons. The molecule has 0 saturated carbocycles. The summed E-state index contributed by atoms with van der Waals surface area (Å²) in [6.45, 7) is 6.20. The number of methoxy groups -OCH3 is 1. The van der Waals surface area contributed by atoms with E-state index >= 15 is 0 Å². The van der Waals surface area contributed by atoms with E-state index in [0.717, 1.165) is 12.8 Å². The highest BCUT2D eigenvalue weighted by Gasteiger charge is 2.20. The molecule has 1 amide bonds. The third kappa shape index (κ3) is 5.51. The van der Waals surface area contributed by atoms with Crippen LogP contribution in [0, 0.1) is 5.92 Å². The maximum atomic E-state index is 12.3. The molecule has 0 aliphatic rings. The normalized spacial score (nSPS) is 13.0. The summed E-state index contributed by atoms with van der Waals surface area (Å²) in [5, 5.41) is 2.89. The number of carbonyl (C=O) groups excluding carboxylic acids is 1. The first-order chi connectivity index (χ1) is 10.7. The minimum atomic E-state index is -3.70. The molecule has 0 spiro atoms. The number of hydrogen-bond donors (Lipinski definition) is 2. The fourth-order valence-electron chi connectivity index (χ4n) is 2.10. The van der Waals surface area contributed by atoms with Gasteiger partial charge in [0, 0.05) is 11.6 Å². The number of nitrogens with one attached hydrogen (secondary N) is 2. The van der Waals surface area contributed by atoms with Crippen LogP contribution in [0.2, 0.25) is 0 Å². The Kier molecular flexibility index (Phi) is 7.02. The Bertz CT molecular complexity index is 641. The van der Waals surface area contributed by atoms with Crippen LogP contribution in [-0.2, 0) is 10.0 Å². The van der Waals surface area contributed by atoms with Crippen molar-refractivity contribution in [3.8, 4) is 5.75 Å². The Hall–Kier alpha value is -1.60. The second-order valence-corrected chi connectivity index (χ2v) is 7.77. The van der Waals surface area contributed by atoms with Gasteiger partial charge in [0.2, 0.25) is 10.0 Å². The van der Waals surface area contributed by atoms with Crippen molar-refractivity contribution in [2.24, 2.45) is 5.92 Å². The molecule has 0 aliphatic heterocycles. The van der Waals surface area contributed by atoms with Crippen LogP contribution < -0.4 is 14.8 Å². The highest BCUT2D eigenvalue weighted by atomic mass is 32.2. The van der Waals surface area contributed by atoms with Crippen LogP contribution in [-0.4, -0.2) is 34.5 Å². The first-order valence-corrected chi connectivity index (χ1v) is 9.12. The van der Waals surface area contributed by atoms with E-state index in [1.807, 2.05) is 6.92 Å². The Balaban J connectivity index is 2.96.